The third kappa shape index (κ3) is 4.60. The maximum atomic E-state index is 12.3. The van der Waals surface area contributed by atoms with Crippen molar-refractivity contribution in [1.29, 1.82) is 0 Å². The van der Waals surface area contributed by atoms with E-state index >= 15 is 0 Å². The summed E-state index contributed by atoms with van der Waals surface area (Å²) in [5.41, 5.74) is 1.29. The van der Waals surface area contributed by atoms with Crippen LogP contribution in [0.3, 0.4) is 0 Å². The quantitative estimate of drug-likeness (QED) is 0.653. The van der Waals surface area contributed by atoms with Gasteiger partial charge in [0.2, 0.25) is 0 Å². The highest BCUT2D eigenvalue weighted by atomic mass is 16.5. The summed E-state index contributed by atoms with van der Waals surface area (Å²) in [7, 11) is 0. The Morgan fingerprint density at radius 1 is 0.960 bits per heavy atom. The Bertz CT molecular complexity index is 824. The minimum Gasteiger partial charge on any atom is -0.480 e. The Hall–Kier alpha value is -2.81. The zero-order valence-corrected chi connectivity index (χ0v) is 14.4. The molecule has 1 atom stereocenters. The van der Waals surface area contributed by atoms with Gasteiger partial charge in [0.1, 0.15) is 5.75 Å². The van der Waals surface area contributed by atoms with Crippen molar-refractivity contribution in [3.63, 3.8) is 0 Å². The number of carbonyl (C=O) groups is 1. The zero-order valence-electron chi connectivity index (χ0n) is 14.4. The Kier molecular flexibility index (Phi) is 5.68. The number of fused-ring (bicyclic) bond motifs is 1. The van der Waals surface area contributed by atoms with E-state index < -0.39 is 6.10 Å². The number of hydrogen-bond acceptors (Lipinski definition) is 2. The third-order valence-corrected chi connectivity index (χ3v) is 4.21. The second kappa shape index (κ2) is 8.34. The first-order chi connectivity index (χ1) is 12.2. The Morgan fingerprint density at radius 2 is 1.68 bits per heavy atom. The van der Waals surface area contributed by atoms with Gasteiger partial charge in [0, 0.05) is 11.9 Å². The second-order valence-corrected chi connectivity index (χ2v) is 6.12. The summed E-state index contributed by atoms with van der Waals surface area (Å²) >= 11 is 0. The lowest BCUT2D eigenvalue weighted by molar-refractivity contribution is -0.127. The molecule has 0 aliphatic rings. The van der Waals surface area contributed by atoms with E-state index in [4.69, 9.17) is 4.74 Å². The average molecular weight is 333 g/mol. The Balaban J connectivity index is 1.50. The van der Waals surface area contributed by atoms with Crippen LogP contribution in [0.2, 0.25) is 0 Å². The predicted octanol–water partition coefficient (Wildman–Crippen LogP) is 4.36. The van der Waals surface area contributed by atoms with Crippen LogP contribution in [0.25, 0.3) is 10.8 Å². The van der Waals surface area contributed by atoms with Gasteiger partial charge in [0.15, 0.2) is 6.10 Å². The molecule has 3 aromatic carbocycles. The second-order valence-electron chi connectivity index (χ2n) is 6.12. The maximum Gasteiger partial charge on any atom is 0.260 e. The van der Waals surface area contributed by atoms with Gasteiger partial charge >= 0.3 is 0 Å². The fourth-order valence-electron chi connectivity index (χ4n) is 2.83. The first-order valence-corrected chi connectivity index (χ1v) is 8.70. The molecule has 0 saturated heterocycles. The van der Waals surface area contributed by atoms with E-state index in [1.165, 1.54) is 5.56 Å². The topological polar surface area (TPSA) is 38.3 Å². The number of rotatable bonds is 7. The van der Waals surface area contributed by atoms with Crippen LogP contribution in [-0.4, -0.2) is 18.6 Å². The lowest BCUT2D eigenvalue weighted by atomic mass is 10.1. The summed E-state index contributed by atoms with van der Waals surface area (Å²) in [6.07, 6.45) is 1.35. The molecular formula is C22H23NO2. The molecule has 0 heterocycles. The molecule has 0 fully saturated rings. The van der Waals surface area contributed by atoms with Gasteiger partial charge in [-0.25, -0.2) is 0 Å². The van der Waals surface area contributed by atoms with Crippen molar-refractivity contribution in [1.82, 2.24) is 5.32 Å². The van der Waals surface area contributed by atoms with Crippen molar-refractivity contribution in [3.05, 3.63) is 78.4 Å². The highest BCUT2D eigenvalue weighted by Crippen LogP contribution is 2.25. The largest absolute Gasteiger partial charge is 0.480 e. The number of amides is 1. The third-order valence-electron chi connectivity index (χ3n) is 4.21. The lowest BCUT2D eigenvalue weighted by Gasteiger charge is -2.16. The number of carbonyl (C=O) groups excluding carboxylic acids is 1. The molecule has 0 unspecified atom stereocenters. The summed E-state index contributed by atoms with van der Waals surface area (Å²) in [5, 5.41) is 5.09. The average Bonchev–Trinajstić information content (AvgIpc) is 2.66. The number of nitrogens with one attached hydrogen (secondary N) is 1. The molecule has 0 saturated carbocycles. The molecule has 3 heteroatoms. The van der Waals surface area contributed by atoms with Crippen LogP contribution in [0.5, 0.6) is 5.75 Å². The van der Waals surface area contributed by atoms with Gasteiger partial charge in [-0.3, -0.25) is 4.79 Å². The van der Waals surface area contributed by atoms with E-state index in [1.54, 1.807) is 6.92 Å². The van der Waals surface area contributed by atoms with E-state index in [0.29, 0.717) is 6.54 Å². The Morgan fingerprint density at radius 3 is 2.52 bits per heavy atom. The molecule has 3 rings (SSSR count). The van der Waals surface area contributed by atoms with Gasteiger partial charge in [-0.2, -0.15) is 0 Å². The van der Waals surface area contributed by atoms with Crippen LogP contribution < -0.4 is 10.1 Å². The van der Waals surface area contributed by atoms with Crippen molar-refractivity contribution < 1.29 is 9.53 Å². The standard InChI is InChI=1S/C22H23NO2/c1-17(22(24)23-16-8-11-18-9-3-2-4-10-18)25-21-15-7-13-19-12-5-6-14-20(19)21/h2-7,9-10,12-15,17H,8,11,16H2,1H3,(H,23,24)/t17-/m0/s1. The van der Waals surface area contributed by atoms with Crippen molar-refractivity contribution in [2.45, 2.75) is 25.9 Å². The van der Waals surface area contributed by atoms with E-state index in [1.807, 2.05) is 60.7 Å². The zero-order chi connectivity index (χ0) is 17.5. The predicted molar refractivity (Wildman–Crippen MR) is 102 cm³/mol. The summed E-state index contributed by atoms with van der Waals surface area (Å²) in [6.45, 7) is 2.44. The molecule has 0 radical (unpaired) electrons. The molecule has 1 N–H and O–H groups in total. The van der Waals surface area contributed by atoms with E-state index in [2.05, 4.69) is 17.4 Å². The van der Waals surface area contributed by atoms with Gasteiger partial charge in [0.05, 0.1) is 0 Å². The van der Waals surface area contributed by atoms with Gasteiger partial charge < -0.3 is 10.1 Å². The number of ether oxygens (including phenoxy) is 1. The van der Waals surface area contributed by atoms with Crippen LogP contribution in [0.4, 0.5) is 0 Å². The molecule has 0 aliphatic heterocycles. The summed E-state index contributed by atoms with van der Waals surface area (Å²) in [4.78, 5) is 12.3. The van der Waals surface area contributed by atoms with Crippen molar-refractivity contribution in [2.24, 2.45) is 0 Å². The van der Waals surface area contributed by atoms with E-state index in [0.717, 1.165) is 29.4 Å². The normalized spacial score (nSPS) is 11.9. The number of aryl methyl sites for hydroxylation is 1. The van der Waals surface area contributed by atoms with E-state index in [9.17, 15) is 4.79 Å². The fourth-order valence-corrected chi connectivity index (χ4v) is 2.83. The van der Waals surface area contributed by atoms with Gasteiger partial charge in [-0.1, -0.05) is 66.7 Å². The SMILES string of the molecule is C[C@H](Oc1cccc2ccccc12)C(=O)NCCCc1ccccc1. The highest BCUT2D eigenvalue weighted by Gasteiger charge is 2.15. The van der Waals surface area contributed by atoms with Crippen LogP contribution in [-0.2, 0) is 11.2 Å². The molecular weight excluding hydrogens is 310 g/mol. The van der Waals surface area contributed by atoms with Gasteiger partial charge in [0.25, 0.3) is 5.91 Å². The first-order valence-electron chi connectivity index (χ1n) is 8.70. The molecule has 0 spiro atoms. The van der Waals surface area contributed by atoms with Gasteiger partial charge in [-0.15, -0.1) is 0 Å². The minimum absolute atomic E-state index is 0.0824. The smallest absolute Gasteiger partial charge is 0.260 e. The van der Waals surface area contributed by atoms with Crippen LogP contribution >= 0.6 is 0 Å². The minimum atomic E-state index is -0.525. The summed E-state index contributed by atoms with van der Waals surface area (Å²) < 4.78 is 5.89. The molecule has 3 nitrogen and oxygen atoms in total. The number of hydrogen-bond donors (Lipinski definition) is 1. The molecule has 128 valence electrons. The Labute approximate surface area is 148 Å². The molecule has 0 aliphatic carbocycles. The van der Waals surface area contributed by atoms with Crippen LogP contribution in [0.1, 0.15) is 18.9 Å². The fraction of sp³-hybridized carbons (Fsp3) is 0.227. The van der Waals surface area contributed by atoms with Crippen molar-refractivity contribution >= 4 is 16.7 Å². The van der Waals surface area contributed by atoms with E-state index in [-0.39, 0.29) is 5.91 Å². The van der Waals surface area contributed by atoms with Crippen molar-refractivity contribution in [2.75, 3.05) is 6.54 Å². The van der Waals surface area contributed by atoms with Gasteiger partial charge in [-0.05, 0) is 36.8 Å². The molecule has 1 amide bonds. The van der Waals surface area contributed by atoms with Crippen LogP contribution in [0, 0.1) is 0 Å². The monoisotopic (exact) mass is 333 g/mol. The molecule has 0 bridgehead atoms. The molecule has 25 heavy (non-hydrogen) atoms. The van der Waals surface area contributed by atoms with Crippen molar-refractivity contribution in [3.8, 4) is 5.75 Å². The summed E-state index contributed by atoms with van der Waals surface area (Å²) in [5.74, 6) is 0.658. The van der Waals surface area contributed by atoms with Crippen LogP contribution in [0.15, 0.2) is 72.8 Å². The lowest BCUT2D eigenvalue weighted by Crippen LogP contribution is -2.37. The highest BCUT2D eigenvalue weighted by molar-refractivity contribution is 5.89. The maximum absolute atomic E-state index is 12.3. The molecule has 0 aromatic heterocycles. The summed E-state index contributed by atoms with van der Waals surface area (Å²) in [6, 6.07) is 24.2. The number of benzene rings is 3. The first kappa shape index (κ1) is 17.0. The molecule has 3 aromatic rings.